The van der Waals surface area contributed by atoms with E-state index < -0.39 is 11.9 Å². The van der Waals surface area contributed by atoms with Gasteiger partial charge in [-0.2, -0.15) is 13.2 Å². The molecule has 1 amide bonds. The lowest BCUT2D eigenvalue weighted by molar-refractivity contribution is -0.0925. The molecule has 0 unspecified atom stereocenters. The van der Waals surface area contributed by atoms with Crippen LogP contribution in [0.5, 0.6) is 0 Å². The monoisotopic (exact) mass is 528 g/mol. The predicted octanol–water partition coefficient (Wildman–Crippen LogP) is 5.95. The Morgan fingerprint density at radius 3 is 2.27 bits per heavy atom. The first-order chi connectivity index (χ1) is 17.7. The predicted molar refractivity (Wildman–Crippen MR) is 140 cm³/mol. The number of nitrogens with two attached hydrogens (primary N) is 1. The molecule has 3 N–H and O–H groups in total. The lowest BCUT2D eigenvalue weighted by Gasteiger charge is -2.30. The average molecular weight is 529 g/mol. The Morgan fingerprint density at radius 2 is 1.59 bits per heavy atom. The molecule has 4 rings (SSSR count). The number of aliphatic imine (C=N–C) groups is 1. The molecular formula is C27H24ClF3N4O2. The molecule has 0 atom stereocenters. The van der Waals surface area contributed by atoms with Crippen LogP contribution < -0.4 is 16.0 Å². The van der Waals surface area contributed by atoms with E-state index in [4.69, 9.17) is 22.1 Å². The van der Waals surface area contributed by atoms with Crippen LogP contribution in [-0.2, 0) is 4.74 Å². The van der Waals surface area contributed by atoms with E-state index in [9.17, 15) is 18.0 Å². The highest BCUT2D eigenvalue weighted by atomic mass is 35.5. The number of rotatable bonds is 6. The fourth-order valence-corrected chi connectivity index (χ4v) is 3.91. The third kappa shape index (κ3) is 6.69. The number of benzene rings is 3. The number of hydrogen-bond donors (Lipinski definition) is 2. The maximum atomic E-state index is 13.1. The Kier molecular flexibility index (Phi) is 8.15. The molecule has 1 aliphatic heterocycles. The van der Waals surface area contributed by atoms with Gasteiger partial charge in [0, 0.05) is 24.2 Å². The van der Waals surface area contributed by atoms with Crippen molar-refractivity contribution in [2.75, 3.05) is 36.5 Å². The highest BCUT2D eigenvalue weighted by molar-refractivity contribution is 6.33. The van der Waals surface area contributed by atoms with Gasteiger partial charge in [-0.25, -0.2) is 4.99 Å². The van der Waals surface area contributed by atoms with Crippen LogP contribution in [-0.4, -0.2) is 44.1 Å². The summed E-state index contributed by atoms with van der Waals surface area (Å²) in [5, 5.41) is 3.19. The molecule has 1 saturated heterocycles. The second-order valence-corrected chi connectivity index (χ2v) is 8.60. The van der Waals surface area contributed by atoms with Crippen molar-refractivity contribution in [1.29, 1.82) is 0 Å². The van der Waals surface area contributed by atoms with Crippen molar-refractivity contribution in [2.24, 2.45) is 10.7 Å². The van der Waals surface area contributed by atoms with E-state index in [2.05, 4.69) is 15.2 Å². The summed E-state index contributed by atoms with van der Waals surface area (Å²) >= 11 is 6.15. The van der Waals surface area contributed by atoms with Gasteiger partial charge in [0.05, 0.1) is 41.0 Å². The van der Waals surface area contributed by atoms with E-state index in [0.29, 0.717) is 43.1 Å². The largest absolute Gasteiger partial charge is 0.430 e. The van der Waals surface area contributed by atoms with Gasteiger partial charge in [-0.05, 0) is 42.5 Å². The van der Waals surface area contributed by atoms with Crippen LogP contribution >= 0.6 is 11.6 Å². The van der Waals surface area contributed by atoms with Crippen LogP contribution in [0.15, 0.2) is 89.6 Å². The molecule has 1 fully saturated rings. The Balaban J connectivity index is 1.60. The number of para-hydroxylation sites is 3. The average Bonchev–Trinajstić information content (AvgIpc) is 2.90. The van der Waals surface area contributed by atoms with Crippen molar-refractivity contribution >= 4 is 40.3 Å². The topological polar surface area (TPSA) is 79.9 Å². The summed E-state index contributed by atoms with van der Waals surface area (Å²) in [7, 11) is 0. The smallest absolute Gasteiger partial charge is 0.395 e. The molecule has 192 valence electrons. The SMILES string of the molecule is NC(=CC(=Nc1ccccc1Cl)c1ccc(C(=O)Nc2ccccc2N2CCOCC2)cc1)C(F)(F)F. The number of allylic oxidation sites excluding steroid dienone is 2. The van der Waals surface area contributed by atoms with Gasteiger partial charge < -0.3 is 20.7 Å². The number of morpholine rings is 1. The fraction of sp³-hybridized carbons (Fsp3) is 0.185. The highest BCUT2D eigenvalue weighted by Crippen LogP contribution is 2.28. The standard InChI is InChI=1S/C27H24ClF3N4O2/c28-20-5-1-2-6-21(20)33-23(17-25(32)27(29,30)31)18-9-11-19(12-10-18)26(36)34-22-7-3-4-8-24(22)35-13-15-37-16-14-35/h1-12,17H,13-16,32H2,(H,34,36). The Labute approximate surface area is 217 Å². The van der Waals surface area contributed by atoms with Crippen molar-refractivity contribution in [2.45, 2.75) is 6.18 Å². The van der Waals surface area contributed by atoms with Gasteiger partial charge in [0.2, 0.25) is 0 Å². The van der Waals surface area contributed by atoms with E-state index in [-0.39, 0.29) is 22.3 Å². The maximum absolute atomic E-state index is 13.1. The molecular weight excluding hydrogens is 505 g/mol. The van der Waals surface area contributed by atoms with E-state index in [1.807, 2.05) is 24.3 Å². The third-order valence-corrected chi connectivity index (χ3v) is 5.98. The number of nitrogens with zero attached hydrogens (tertiary/aromatic N) is 2. The molecule has 37 heavy (non-hydrogen) atoms. The number of ether oxygens (including phenoxy) is 1. The van der Waals surface area contributed by atoms with Crippen molar-refractivity contribution in [3.05, 3.63) is 101 Å². The quantitative estimate of drug-likeness (QED) is 0.387. The van der Waals surface area contributed by atoms with Crippen LogP contribution in [0.25, 0.3) is 0 Å². The molecule has 3 aromatic rings. The number of amides is 1. The molecule has 0 aliphatic carbocycles. The summed E-state index contributed by atoms with van der Waals surface area (Å²) in [5.74, 6) is -0.359. The number of carbonyl (C=O) groups is 1. The number of nitrogens with one attached hydrogen (secondary N) is 1. The third-order valence-electron chi connectivity index (χ3n) is 5.66. The zero-order valence-corrected chi connectivity index (χ0v) is 20.4. The lowest BCUT2D eigenvalue weighted by Crippen LogP contribution is -2.36. The maximum Gasteiger partial charge on any atom is 0.430 e. The summed E-state index contributed by atoms with van der Waals surface area (Å²) in [6.07, 6.45) is -3.98. The summed E-state index contributed by atoms with van der Waals surface area (Å²) in [4.78, 5) is 19.4. The lowest BCUT2D eigenvalue weighted by atomic mass is 10.1. The minimum atomic E-state index is -4.73. The van der Waals surface area contributed by atoms with Crippen molar-refractivity contribution in [3.8, 4) is 0 Å². The van der Waals surface area contributed by atoms with Gasteiger partial charge in [0.15, 0.2) is 0 Å². The van der Waals surface area contributed by atoms with Crippen LogP contribution in [0, 0.1) is 0 Å². The molecule has 0 spiro atoms. The van der Waals surface area contributed by atoms with Gasteiger partial charge in [-0.3, -0.25) is 4.79 Å². The second kappa shape index (κ2) is 11.5. The Morgan fingerprint density at radius 1 is 0.973 bits per heavy atom. The summed E-state index contributed by atoms with van der Waals surface area (Å²) < 4.78 is 44.9. The van der Waals surface area contributed by atoms with Crippen LogP contribution in [0.3, 0.4) is 0 Å². The fourth-order valence-electron chi connectivity index (χ4n) is 3.73. The number of alkyl halides is 3. The number of halogens is 4. The first-order valence-electron chi connectivity index (χ1n) is 11.4. The van der Waals surface area contributed by atoms with Crippen molar-refractivity contribution < 1.29 is 22.7 Å². The van der Waals surface area contributed by atoms with Gasteiger partial charge in [-0.1, -0.05) is 48.0 Å². The molecule has 0 aromatic heterocycles. The molecule has 0 saturated carbocycles. The molecule has 0 radical (unpaired) electrons. The van der Waals surface area contributed by atoms with Gasteiger partial charge in [-0.15, -0.1) is 0 Å². The van der Waals surface area contributed by atoms with Crippen molar-refractivity contribution in [3.63, 3.8) is 0 Å². The van der Waals surface area contributed by atoms with Crippen LogP contribution in [0.1, 0.15) is 15.9 Å². The number of anilines is 2. The summed E-state index contributed by atoms with van der Waals surface area (Å²) in [5.41, 5.74) is 6.39. The first kappa shape index (κ1) is 26.2. The molecule has 1 aliphatic rings. The Hall–Kier alpha value is -3.82. The number of carbonyl (C=O) groups excluding carboxylic acids is 1. The van der Waals surface area contributed by atoms with E-state index in [1.54, 1.807) is 24.3 Å². The second-order valence-electron chi connectivity index (χ2n) is 8.19. The zero-order chi connectivity index (χ0) is 26.4. The zero-order valence-electron chi connectivity index (χ0n) is 19.6. The first-order valence-corrected chi connectivity index (χ1v) is 11.8. The molecule has 1 heterocycles. The minimum Gasteiger partial charge on any atom is -0.395 e. The normalized spacial score (nSPS) is 15.0. The van der Waals surface area contributed by atoms with Crippen LogP contribution in [0.2, 0.25) is 5.02 Å². The molecule has 10 heteroatoms. The van der Waals surface area contributed by atoms with Crippen molar-refractivity contribution in [1.82, 2.24) is 0 Å². The van der Waals surface area contributed by atoms with E-state index in [0.717, 1.165) is 11.8 Å². The van der Waals surface area contributed by atoms with E-state index in [1.165, 1.54) is 24.3 Å². The Bertz CT molecular complexity index is 1320. The van der Waals surface area contributed by atoms with Gasteiger partial charge >= 0.3 is 6.18 Å². The van der Waals surface area contributed by atoms with Gasteiger partial charge in [0.25, 0.3) is 5.91 Å². The molecule has 6 nitrogen and oxygen atoms in total. The summed E-state index contributed by atoms with van der Waals surface area (Å²) in [6, 6.07) is 20.0. The minimum absolute atomic E-state index is 0.0486. The highest BCUT2D eigenvalue weighted by Gasteiger charge is 2.31. The number of hydrogen-bond acceptors (Lipinski definition) is 5. The summed E-state index contributed by atoms with van der Waals surface area (Å²) in [6.45, 7) is 2.64. The van der Waals surface area contributed by atoms with E-state index >= 15 is 0 Å². The molecule has 0 bridgehead atoms. The van der Waals surface area contributed by atoms with Crippen LogP contribution in [0.4, 0.5) is 30.2 Å². The molecule has 3 aromatic carbocycles. The van der Waals surface area contributed by atoms with Gasteiger partial charge in [0.1, 0.15) is 5.70 Å².